The number of aryl methyl sites for hydroxylation is 1. The van der Waals surface area contributed by atoms with Gasteiger partial charge in [-0.2, -0.15) is 9.61 Å². The Morgan fingerprint density at radius 1 is 0.889 bits per heavy atom. The maximum absolute atomic E-state index is 14.2. The maximum atomic E-state index is 14.2. The molecule has 0 aliphatic rings. The van der Waals surface area contributed by atoms with Gasteiger partial charge in [0.25, 0.3) is 0 Å². The number of aromatic nitrogens is 5. The van der Waals surface area contributed by atoms with Crippen molar-refractivity contribution < 1.29 is 8.78 Å². The maximum Gasteiger partial charge on any atom is 0.188 e. The van der Waals surface area contributed by atoms with Crippen LogP contribution >= 0.6 is 0 Å². The molecule has 0 bridgehead atoms. The van der Waals surface area contributed by atoms with E-state index in [1.54, 1.807) is 6.07 Å². The van der Waals surface area contributed by atoms with Gasteiger partial charge in [0, 0.05) is 29.7 Å². The van der Waals surface area contributed by atoms with Crippen molar-refractivity contribution in [3.63, 3.8) is 0 Å². The quantitative estimate of drug-likeness (QED) is 0.473. The van der Waals surface area contributed by atoms with Gasteiger partial charge in [-0.1, -0.05) is 6.07 Å². The Labute approximate surface area is 152 Å². The Kier molecular flexibility index (Phi) is 3.30. The van der Waals surface area contributed by atoms with Crippen LogP contribution in [0.4, 0.5) is 8.78 Å². The summed E-state index contributed by atoms with van der Waals surface area (Å²) in [4.78, 5) is 0. The molecule has 0 N–H and O–H groups in total. The molecule has 0 radical (unpaired) electrons. The van der Waals surface area contributed by atoms with E-state index < -0.39 is 11.6 Å². The molecule has 5 rings (SSSR count). The molecule has 0 saturated heterocycles. The summed E-state index contributed by atoms with van der Waals surface area (Å²) in [5, 5.41) is 13.7. The zero-order chi connectivity index (χ0) is 18.5. The highest BCUT2D eigenvalue weighted by molar-refractivity contribution is 5.85. The number of hydrogen-bond donors (Lipinski definition) is 0. The lowest BCUT2D eigenvalue weighted by atomic mass is 10.1. The van der Waals surface area contributed by atoms with Gasteiger partial charge in [-0.25, -0.2) is 8.78 Å². The Morgan fingerprint density at radius 2 is 1.78 bits per heavy atom. The molecule has 0 atom stereocenters. The highest BCUT2D eigenvalue weighted by Gasteiger charge is 2.15. The molecule has 5 aromatic rings. The lowest BCUT2D eigenvalue weighted by molar-refractivity contribution is 0.601. The van der Waals surface area contributed by atoms with Gasteiger partial charge in [-0.05, 0) is 48.5 Å². The van der Waals surface area contributed by atoms with Crippen molar-refractivity contribution in [1.29, 1.82) is 0 Å². The molecular weight excluding hydrogens is 348 g/mol. The second-order valence-electron chi connectivity index (χ2n) is 6.34. The Bertz CT molecular complexity index is 1320. The van der Waals surface area contributed by atoms with Gasteiger partial charge in [-0.3, -0.25) is 0 Å². The average Bonchev–Trinajstić information content (AvgIpc) is 3.26. The first-order valence-electron chi connectivity index (χ1n) is 8.33. The van der Waals surface area contributed by atoms with Crippen LogP contribution in [-0.2, 0) is 7.05 Å². The molecule has 0 aliphatic heterocycles. The smallest absolute Gasteiger partial charge is 0.188 e. The second-order valence-corrected chi connectivity index (χ2v) is 6.34. The molecule has 132 valence electrons. The number of fused-ring (bicyclic) bond motifs is 2. The van der Waals surface area contributed by atoms with Crippen molar-refractivity contribution in [2.75, 3.05) is 0 Å². The fraction of sp³-hybridized carbons (Fsp3) is 0.0500. The van der Waals surface area contributed by atoms with Gasteiger partial charge in [0.05, 0.1) is 11.3 Å². The summed E-state index contributed by atoms with van der Waals surface area (Å²) in [6, 6.07) is 14.9. The number of hydrogen-bond acceptors (Lipinski definition) is 3. The van der Waals surface area contributed by atoms with Crippen LogP contribution in [0.15, 0.2) is 60.8 Å². The van der Waals surface area contributed by atoms with Crippen molar-refractivity contribution in [2.24, 2.45) is 7.05 Å². The molecule has 0 saturated carbocycles. The van der Waals surface area contributed by atoms with Gasteiger partial charge in [-0.15, -0.1) is 10.2 Å². The molecule has 5 nitrogen and oxygen atoms in total. The molecule has 0 unspecified atom stereocenters. The topological polar surface area (TPSA) is 48.0 Å². The van der Waals surface area contributed by atoms with Gasteiger partial charge in [0.2, 0.25) is 0 Å². The number of halogens is 2. The Hall–Kier alpha value is -3.61. The largest absolute Gasteiger partial charge is 0.351 e. The van der Waals surface area contributed by atoms with E-state index in [-0.39, 0.29) is 11.4 Å². The van der Waals surface area contributed by atoms with Crippen LogP contribution in [0.25, 0.3) is 39.2 Å². The Balaban J connectivity index is 1.69. The van der Waals surface area contributed by atoms with E-state index in [0.29, 0.717) is 11.3 Å². The highest BCUT2D eigenvalue weighted by atomic mass is 19.1. The molecular formula is C20H13F2N5. The summed E-state index contributed by atoms with van der Waals surface area (Å²) < 4.78 is 31.2. The summed E-state index contributed by atoms with van der Waals surface area (Å²) in [7, 11) is 1.99. The van der Waals surface area contributed by atoms with Crippen molar-refractivity contribution in [1.82, 2.24) is 24.4 Å². The molecule has 27 heavy (non-hydrogen) atoms. The van der Waals surface area contributed by atoms with Crippen LogP contribution in [-0.4, -0.2) is 24.4 Å². The van der Waals surface area contributed by atoms with Crippen LogP contribution in [0.1, 0.15) is 0 Å². The van der Waals surface area contributed by atoms with Crippen molar-refractivity contribution >= 4 is 16.6 Å². The van der Waals surface area contributed by atoms with Crippen molar-refractivity contribution in [3.05, 3.63) is 72.4 Å². The van der Waals surface area contributed by atoms with Gasteiger partial charge < -0.3 is 4.57 Å². The number of benzene rings is 2. The Morgan fingerprint density at radius 3 is 2.67 bits per heavy atom. The summed E-state index contributed by atoms with van der Waals surface area (Å²) in [6.07, 6.45) is 2.00. The first kappa shape index (κ1) is 15.6. The molecule has 0 spiro atoms. The first-order chi connectivity index (χ1) is 13.1. The molecule has 0 amide bonds. The predicted octanol–water partition coefficient (Wildman–Crippen LogP) is 4.23. The minimum Gasteiger partial charge on any atom is -0.351 e. The van der Waals surface area contributed by atoms with Gasteiger partial charge in [0.15, 0.2) is 11.5 Å². The van der Waals surface area contributed by atoms with Crippen molar-refractivity contribution in [2.45, 2.75) is 0 Å². The number of rotatable bonds is 2. The third kappa shape index (κ3) is 2.47. The zero-order valence-electron chi connectivity index (χ0n) is 14.3. The van der Waals surface area contributed by atoms with E-state index in [9.17, 15) is 8.78 Å². The summed E-state index contributed by atoms with van der Waals surface area (Å²) in [5.74, 6) is -0.970. The van der Waals surface area contributed by atoms with Crippen LogP contribution in [0.2, 0.25) is 0 Å². The van der Waals surface area contributed by atoms with E-state index in [4.69, 9.17) is 0 Å². The van der Waals surface area contributed by atoms with E-state index in [1.165, 1.54) is 4.52 Å². The average molecular weight is 361 g/mol. The SMILES string of the molecule is Cn1ccc2cc(-c3ccc4nnc(-c5cc(F)ccc5F)n4n3)ccc21. The van der Waals surface area contributed by atoms with Crippen LogP contribution in [0.3, 0.4) is 0 Å². The monoisotopic (exact) mass is 361 g/mol. The second kappa shape index (κ2) is 5.70. The van der Waals surface area contributed by atoms with Crippen LogP contribution < -0.4 is 0 Å². The van der Waals surface area contributed by atoms with Crippen LogP contribution in [0.5, 0.6) is 0 Å². The third-order valence-electron chi connectivity index (χ3n) is 4.61. The third-order valence-corrected chi connectivity index (χ3v) is 4.61. The minimum absolute atomic E-state index is 0.0191. The lowest BCUT2D eigenvalue weighted by Crippen LogP contribution is -1.99. The van der Waals surface area contributed by atoms with E-state index in [0.717, 1.165) is 34.7 Å². The van der Waals surface area contributed by atoms with Crippen molar-refractivity contribution in [3.8, 4) is 22.6 Å². The summed E-state index contributed by atoms with van der Waals surface area (Å²) in [6.45, 7) is 0. The summed E-state index contributed by atoms with van der Waals surface area (Å²) >= 11 is 0. The molecule has 2 aromatic carbocycles. The minimum atomic E-state index is -0.580. The first-order valence-corrected chi connectivity index (χ1v) is 8.33. The fourth-order valence-corrected chi connectivity index (χ4v) is 3.22. The zero-order valence-corrected chi connectivity index (χ0v) is 14.3. The number of nitrogens with zero attached hydrogens (tertiary/aromatic N) is 5. The van der Waals surface area contributed by atoms with Gasteiger partial charge in [0.1, 0.15) is 11.6 Å². The molecule has 7 heteroatoms. The molecule has 3 heterocycles. The highest BCUT2D eigenvalue weighted by Crippen LogP contribution is 2.26. The summed E-state index contributed by atoms with van der Waals surface area (Å²) in [5.41, 5.74) is 3.19. The normalized spacial score (nSPS) is 11.5. The van der Waals surface area contributed by atoms with E-state index in [1.807, 2.05) is 48.1 Å². The fourth-order valence-electron chi connectivity index (χ4n) is 3.22. The molecule has 3 aromatic heterocycles. The van der Waals surface area contributed by atoms with Crippen LogP contribution in [0, 0.1) is 11.6 Å². The standard InChI is InChI=1S/C20H13F2N5/c1-26-9-8-13-10-12(2-6-18(13)26)17-5-7-19-23-24-20(27(19)25-17)15-11-14(21)3-4-16(15)22/h2-11H,1H3. The predicted molar refractivity (Wildman–Crippen MR) is 98.0 cm³/mol. The molecule has 0 aliphatic carbocycles. The van der Waals surface area contributed by atoms with E-state index >= 15 is 0 Å². The lowest BCUT2D eigenvalue weighted by Gasteiger charge is -2.05. The van der Waals surface area contributed by atoms with E-state index in [2.05, 4.69) is 15.3 Å². The van der Waals surface area contributed by atoms with Gasteiger partial charge >= 0.3 is 0 Å². The molecule has 0 fully saturated rings.